The number of aromatic nitrogens is 2. The second-order valence-electron chi connectivity index (χ2n) is 5.75. The van der Waals surface area contributed by atoms with E-state index in [-0.39, 0.29) is 0 Å². The van der Waals surface area contributed by atoms with E-state index in [4.69, 9.17) is 0 Å². The topological polar surface area (TPSA) is 41.0 Å². The second kappa shape index (κ2) is 6.85. The Hall–Kier alpha value is -1.16. The smallest absolute Gasteiger partial charge is 0.151 e. The van der Waals surface area contributed by atoms with Crippen molar-refractivity contribution >= 4 is 5.82 Å². The molecule has 4 heteroatoms. The Labute approximate surface area is 116 Å². The maximum absolute atomic E-state index is 4.40. The Balaban J connectivity index is 1.94. The van der Waals surface area contributed by atoms with Gasteiger partial charge in [-0.2, -0.15) is 5.10 Å². The predicted molar refractivity (Wildman–Crippen MR) is 79.2 cm³/mol. The van der Waals surface area contributed by atoms with E-state index in [2.05, 4.69) is 53.3 Å². The van der Waals surface area contributed by atoms with Crippen molar-refractivity contribution in [3.8, 4) is 0 Å². The highest BCUT2D eigenvalue weighted by molar-refractivity contribution is 5.38. The molecule has 1 fully saturated rings. The van der Waals surface area contributed by atoms with Crippen LogP contribution < -0.4 is 10.2 Å². The van der Waals surface area contributed by atoms with Crippen molar-refractivity contribution in [2.75, 3.05) is 18.0 Å². The molecule has 0 aromatic carbocycles. The molecule has 0 radical (unpaired) electrons. The zero-order valence-electron chi connectivity index (χ0n) is 12.4. The predicted octanol–water partition coefficient (Wildman–Crippen LogP) is 2.60. The number of nitrogens with one attached hydrogen (secondary N) is 1. The van der Waals surface area contributed by atoms with Crippen LogP contribution in [-0.4, -0.2) is 29.3 Å². The molecule has 4 nitrogen and oxygen atoms in total. The number of anilines is 1. The third kappa shape index (κ3) is 4.46. The van der Waals surface area contributed by atoms with Gasteiger partial charge in [0.15, 0.2) is 5.82 Å². The van der Waals surface area contributed by atoms with Gasteiger partial charge in [-0.1, -0.05) is 6.92 Å². The Kier molecular flexibility index (Phi) is 5.14. The van der Waals surface area contributed by atoms with Gasteiger partial charge in [-0.3, -0.25) is 0 Å². The average Bonchev–Trinajstić information content (AvgIpc) is 3.21. The molecule has 0 unspecified atom stereocenters. The first-order chi connectivity index (χ1) is 9.20. The van der Waals surface area contributed by atoms with Crippen molar-refractivity contribution in [3.63, 3.8) is 0 Å². The Bertz CT molecular complexity index is 370. The van der Waals surface area contributed by atoms with Crippen LogP contribution in [0.5, 0.6) is 0 Å². The fourth-order valence-electron chi connectivity index (χ4n) is 2.14. The van der Waals surface area contributed by atoms with Crippen LogP contribution in [0.15, 0.2) is 12.1 Å². The van der Waals surface area contributed by atoms with E-state index in [9.17, 15) is 0 Å². The Morgan fingerprint density at radius 1 is 1.32 bits per heavy atom. The summed E-state index contributed by atoms with van der Waals surface area (Å²) in [6.45, 7) is 9.58. The van der Waals surface area contributed by atoms with E-state index >= 15 is 0 Å². The van der Waals surface area contributed by atoms with Crippen LogP contribution in [0.4, 0.5) is 5.82 Å². The highest BCUT2D eigenvalue weighted by Gasteiger charge is 2.26. The van der Waals surface area contributed by atoms with Crippen molar-refractivity contribution in [2.24, 2.45) is 5.92 Å². The summed E-state index contributed by atoms with van der Waals surface area (Å²) in [6.07, 6.45) is 3.89. The Morgan fingerprint density at radius 2 is 2.11 bits per heavy atom. The molecule has 0 spiro atoms. The van der Waals surface area contributed by atoms with Crippen LogP contribution in [0.25, 0.3) is 0 Å². The lowest BCUT2D eigenvalue weighted by Gasteiger charge is -2.27. The summed E-state index contributed by atoms with van der Waals surface area (Å²) < 4.78 is 0. The van der Waals surface area contributed by atoms with Gasteiger partial charge in [-0.05, 0) is 57.7 Å². The molecule has 0 bridgehead atoms. The van der Waals surface area contributed by atoms with Crippen LogP contribution in [-0.2, 0) is 6.54 Å². The molecule has 1 saturated carbocycles. The minimum absolute atomic E-state index is 0.485. The minimum atomic E-state index is 0.485. The van der Waals surface area contributed by atoms with Crippen molar-refractivity contribution in [1.82, 2.24) is 15.5 Å². The first kappa shape index (κ1) is 14.3. The lowest BCUT2D eigenvalue weighted by atomic mass is 10.2. The second-order valence-corrected chi connectivity index (χ2v) is 5.75. The molecular weight excluding hydrogens is 236 g/mol. The quantitative estimate of drug-likeness (QED) is 0.731. The van der Waals surface area contributed by atoms with Gasteiger partial charge >= 0.3 is 0 Å². The van der Waals surface area contributed by atoms with Gasteiger partial charge in [0.2, 0.25) is 0 Å². The van der Waals surface area contributed by atoms with Crippen molar-refractivity contribution in [2.45, 2.75) is 52.6 Å². The van der Waals surface area contributed by atoms with Crippen molar-refractivity contribution in [1.29, 1.82) is 0 Å². The maximum Gasteiger partial charge on any atom is 0.151 e. The zero-order valence-corrected chi connectivity index (χ0v) is 12.4. The Morgan fingerprint density at radius 3 is 2.63 bits per heavy atom. The van der Waals surface area contributed by atoms with Gasteiger partial charge < -0.3 is 10.2 Å². The lowest BCUT2D eigenvalue weighted by Crippen LogP contribution is -2.33. The lowest BCUT2D eigenvalue weighted by molar-refractivity contribution is 0.624. The number of hydrogen-bond acceptors (Lipinski definition) is 4. The summed E-state index contributed by atoms with van der Waals surface area (Å²) in [6, 6.07) is 4.69. The first-order valence-electron chi connectivity index (χ1n) is 7.50. The molecule has 1 aliphatic carbocycles. The fourth-order valence-corrected chi connectivity index (χ4v) is 2.14. The molecular formula is C15H26N4. The molecule has 0 amide bonds. The van der Waals surface area contributed by atoms with E-state index in [1.807, 2.05) is 0 Å². The third-order valence-electron chi connectivity index (χ3n) is 3.51. The molecule has 2 rings (SSSR count). The highest BCUT2D eigenvalue weighted by atomic mass is 15.3. The van der Waals surface area contributed by atoms with E-state index in [0.717, 1.165) is 43.5 Å². The van der Waals surface area contributed by atoms with Gasteiger partial charge in [0, 0.05) is 19.1 Å². The standard InChI is InChI=1S/C15H26N4/c1-4-9-16-10-14-7-8-15(18-17-14)19(12(2)3)11-13-5-6-13/h7-8,12-13,16H,4-6,9-11H2,1-3H3. The minimum Gasteiger partial charge on any atom is -0.352 e. The van der Waals surface area contributed by atoms with E-state index in [1.165, 1.54) is 12.8 Å². The van der Waals surface area contributed by atoms with Gasteiger partial charge in [0.05, 0.1) is 5.69 Å². The van der Waals surface area contributed by atoms with Crippen LogP contribution in [0.1, 0.15) is 45.7 Å². The van der Waals surface area contributed by atoms with E-state index in [1.54, 1.807) is 0 Å². The van der Waals surface area contributed by atoms with Gasteiger partial charge in [0.25, 0.3) is 0 Å². The molecule has 0 aliphatic heterocycles. The van der Waals surface area contributed by atoms with E-state index in [0.29, 0.717) is 6.04 Å². The first-order valence-corrected chi connectivity index (χ1v) is 7.50. The fraction of sp³-hybridized carbons (Fsp3) is 0.733. The molecule has 0 atom stereocenters. The van der Waals surface area contributed by atoms with Crippen LogP contribution in [0, 0.1) is 5.92 Å². The number of hydrogen-bond donors (Lipinski definition) is 1. The van der Waals surface area contributed by atoms with Crippen LogP contribution in [0.3, 0.4) is 0 Å². The average molecular weight is 262 g/mol. The van der Waals surface area contributed by atoms with Crippen molar-refractivity contribution < 1.29 is 0 Å². The zero-order chi connectivity index (χ0) is 13.7. The SMILES string of the molecule is CCCNCc1ccc(N(CC2CC2)C(C)C)nn1. The molecule has 19 heavy (non-hydrogen) atoms. The summed E-state index contributed by atoms with van der Waals surface area (Å²) in [5.41, 5.74) is 1.02. The number of nitrogens with zero attached hydrogens (tertiary/aromatic N) is 3. The summed E-state index contributed by atoms with van der Waals surface area (Å²) >= 11 is 0. The molecule has 0 saturated heterocycles. The van der Waals surface area contributed by atoms with Crippen molar-refractivity contribution in [3.05, 3.63) is 17.8 Å². The van der Waals surface area contributed by atoms with Crippen LogP contribution in [0.2, 0.25) is 0 Å². The summed E-state index contributed by atoms with van der Waals surface area (Å²) in [5, 5.41) is 12.1. The third-order valence-corrected chi connectivity index (χ3v) is 3.51. The van der Waals surface area contributed by atoms with Gasteiger partial charge in [-0.25, -0.2) is 0 Å². The molecule has 1 heterocycles. The van der Waals surface area contributed by atoms with E-state index < -0.39 is 0 Å². The maximum atomic E-state index is 4.40. The normalized spacial score (nSPS) is 14.9. The molecule has 1 aromatic rings. The summed E-state index contributed by atoms with van der Waals surface area (Å²) in [5.74, 6) is 1.89. The molecule has 1 N–H and O–H groups in total. The molecule has 1 aliphatic rings. The summed E-state index contributed by atoms with van der Waals surface area (Å²) in [4.78, 5) is 2.37. The van der Waals surface area contributed by atoms with Gasteiger partial charge in [-0.15, -0.1) is 5.10 Å². The summed E-state index contributed by atoms with van der Waals surface area (Å²) in [7, 11) is 0. The largest absolute Gasteiger partial charge is 0.352 e. The van der Waals surface area contributed by atoms with Gasteiger partial charge in [0.1, 0.15) is 0 Å². The molecule has 1 aromatic heterocycles. The van der Waals surface area contributed by atoms with Crippen LogP contribution >= 0.6 is 0 Å². The highest BCUT2D eigenvalue weighted by Crippen LogP contribution is 2.31. The molecule has 106 valence electrons. The monoisotopic (exact) mass is 262 g/mol. The number of rotatable bonds is 8.